The van der Waals surface area contributed by atoms with Crippen LogP contribution in [0.25, 0.3) is 11.5 Å². The lowest BCUT2D eigenvalue weighted by molar-refractivity contribution is 0.445. The minimum atomic E-state index is -3.59. The second-order valence-electron chi connectivity index (χ2n) is 5.56. The summed E-state index contributed by atoms with van der Waals surface area (Å²) in [5, 5.41) is 13.0. The third-order valence-electron chi connectivity index (χ3n) is 3.63. The van der Waals surface area contributed by atoms with Gasteiger partial charge in [-0.2, -0.15) is 4.31 Å². The van der Waals surface area contributed by atoms with Crippen molar-refractivity contribution in [3.63, 3.8) is 0 Å². The molecule has 0 amide bonds. The highest BCUT2D eigenvalue weighted by Gasteiger charge is 2.22. The maximum absolute atomic E-state index is 12.6. The number of hydrogen-bond acceptors (Lipinski definition) is 8. The molecule has 0 bridgehead atoms. The summed E-state index contributed by atoms with van der Waals surface area (Å²) < 4.78 is 54.0. The van der Waals surface area contributed by atoms with Crippen molar-refractivity contribution in [2.45, 2.75) is 30.4 Å². The maximum atomic E-state index is 12.6. The van der Waals surface area contributed by atoms with E-state index in [0.717, 1.165) is 0 Å². The van der Waals surface area contributed by atoms with Gasteiger partial charge in [0.15, 0.2) is 0 Å². The van der Waals surface area contributed by atoms with Gasteiger partial charge in [-0.1, -0.05) is 31.7 Å². The summed E-state index contributed by atoms with van der Waals surface area (Å²) in [6, 6.07) is 6.33. The van der Waals surface area contributed by atoms with Gasteiger partial charge in [-0.15, -0.1) is 10.2 Å². The van der Waals surface area contributed by atoms with Gasteiger partial charge < -0.3 is 4.42 Å². The van der Waals surface area contributed by atoms with E-state index in [-0.39, 0.29) is 21.8 Å². The number of benzene rings is 1. The molecule has 0 fully saturated rings. The minimum Gasteiger partial charge on any atom is -0.411 e. The Kier molecular flexibility index (Phi) is 7.40. The van der Waals surface area contributed by atoms with Gasteiger partial charge in [-0.25, -0.2) is 22.0 Å². The monoisotopic (exact) mass is 434 g/mol. The van der Waals surface area contributed by atoms with E-state index < -0.39 is 20.0 Å². The first-order valence-corrected chi connectivity index (χ1v) is 12.4. The fraction of sp³-hybridized carbons (Fsp3) is 0.467. The first kappa shape index (κ1) is 21.8. The zero-order valence-corrected chi connectivity index (χ0v) is 17.5. The van der Waals surface area contributed by atoms with Gasteiger partial charge in [-0.3, -0.25) is 0 Å². The Bertz CT molecular complexity index is 969. The molecule has 1 aromatic carbocycles. The van der Waals surface area contributed by atoms with Crippen LogP contribution in [-0.2, 0) is 20.0 Å². The van der Waals surface area contributed by atoms with Crippen molar-refractivity contribution in [3.05, 3.63) is 24.3 Å². The van der Waals surface area contributed by atoms with E-state index in [4.69, 9.17) is 9.56 Å². The molecule has 150 valence electrons. The van der Waals surface area contributed by atoms with Gasteiger partial charge in [0, 0.05) is 24.4 Å². The minimum absolute atomic E-state index is 0.119. The van der Waals surface area contributed by atoms with Crippen LogP contribution in [0, 0.1) is 0 Å². The molecule has 0 aliphatic rings. The number of primary sulfonamides is 1. The van der Waals surface area contributed by atoms with Crippen molar-refractivity contribution >= 4 is 31.8 Å². The van der Waals surface area contributed by atoms with Gasteiger partial charge in [-0.05, 0) is 24.6 Å². The molecule has 9 nitrogen and oxygen atoms in total. The average Bonchev–Trinajstić information content (AvgIpc) is 3.08. The SMILES string of the molecule is CCN(CC)S(=O)(=O)c1cccc(-c2nnc(SCCCS(N)(=O)=O)o2)c1. The molecule has 2 rings (SSSR count). The normalized spacial score (nSPS) is 12.6. The van der Waals surface area contributed by atoms with Crippen molar-refractivity contribution < 1.29 is 21.3 Å². The fourth-order valence-electron chi connectivity index (χ4n) is 2.31. The number of hydrogen-bond donors (Lipinski definition) is 1. The van der Waals surface area contributed by atoms with Crippen LogP contribution >= 0.6 is 11.8 Å². The number of sulfonamides is 2. The van der Waals surface area contributed by atoms with E-state index in [1.807, 2.05) is 0 Å². The zero-order chi connectivity index (χ0) is 20.1. The van der Waals surface area contributed by atoms with E-state index >= 15 is 0 Å². The highest BCUT2D eigenvalue weighted by atomic mass is 32.2. The molecule has 0 unspecified atom stereocenters. The Morgan fingerprint density at radius 1 is 1.15 bits per heavy atom. The Balaban J connectivity index is 2.13. The largest absolute Gasteiger partial charge is 0.411 e. The first-order chi connectivity index (χ1) is 12.7. The molecule has 0 radical (unpaired) electrons. The number of aromatic nitrogens is 2. The molecule has 2 N–H and O–H groups in total. The molecule has 0 saturated carbocycles. The van der Waals surface area contributed by atoms with E-state index in [0.29, 0.717) is 30.8 Å². The quantitative estimate of drug-likeness (QED) is 0.439. The lowest BCUT2D eigenvalue weighted by Gasteiger charge is -2.18. The van der Waals surface area contributed by atoms with Crippen molar-refractivity contribution in [3.8, 4) is 11.5 Å². The van der Waals surface area contributed by atoms with Gasteiger partial charge in [0.05, 0.1) is 10.6 Å². The van der Waals surface area contributed by atoms with E-state index in [1.54, 1.807) is 26.0 Å². The smallest absolute Gasteiger partial charge is 0.276 e. The van der Waals surface area contributed by atoms with Crippen LogP contribution in [0.5, 0.6) is 0 Å². The number of rotatable bonds is 10. The average molecular weight is 435 g/mol. The van der Waals surface area contributed by atoms with E-state index in [9.17, 15) is 16.8 Å². The molecule has 0 spiro atoms. The Morgan fingerprint density at radius 3 is 2.48 bits per heavy atom. The number of thioether (sulfide) groups is 1. The van der Waals surface area contributed by atoms with Gasteiger partial charge >= 0.3 is 0 Å². The van der Waals surface area contributed by atoms with Crippen molar-refractivity contribution in [2.24, 2.45) is 5.14 Å². The maximum Gasteiger partial charge on any atom is 0.276 e. The topological polar surface area (TPSA) is 136 Å². The molecule has 0 aliphatic carbocycles. The highest BCUT2D eigenvalue weighted by molar-refractivity contribution is 7.99. The van der Waals surface area contributed by atoms with Crippen LogP contribution in [-0.4, -0.2) is 55.9 Å². The van der Waals surface area contributed by atoms with Crippen LogP contribution in [0.15, 0.2) is 38.8 Å². The third kappa shape index (κ3) is 6.01. The molecule has 0 atom stereocenters. The lowest BCUT2D eigenvalue weighted by Crippen LogP contribution is -2.30. The van der Waals surface area contributed by atoms with Gasteiger partial charge in [0.2, 0.25) is 25.9 Å². The summed E-state index contributed by atoms with van der Waals surface area (Å²) in [5.74, 6) is 0.529. The Hall–Kier alpha value is -1.47. The molecule has 0 saturated heterocycles. The standard InChI is InChI=1S/C15H22N4O5S3/c1-3-19(4-2)27(22,23)13-8-5-7-12(11-13)14-17-18-15(24-14)25-9-6-10-26(16,20)21/h5,7-8,11H,3-4,6,9-10H2,1-2H3,(H2,16,20,21). The Morgan fingerprint density at radius 2 is 1.85 bits per heavy atom. The number of nitrogens with two attached hydrogens (primary N) is 1. The van der Waals surface area contributed by atoms with E-state index in [1.165, 1.54) is 28.2 Å². The summed E-state index contributed by atoms with van der Waals surface area (Å²) in [4.78, 5) is 0.157. The molecule has 1 heterocycles. The molecular weight excluding hydrogens is 412 g/mol. The third-order valence-corrected chi connectivity index (χ3v) is 7.44. The number of nitrogens with zero attached hydrogens (tertiary/aromatic N) is 3. The predicted molar refractivity (Wildman–Crippen MR) is 103 cm³/mol. The molecule has 27 heavy (non-hydrogen) atoms. The van der Waals surface area contributed by atoms with Crippen LogP contribution in [0.1, 0.15) is 20.3 Å². The van der Waals surface area contributed by atoms with Crippen LogP contribution in [0.2, 0.25) is 0 Å². The van der Waals surface area contributed by atoms with Crippen LogP contribution in [0.3, 0.4) is 0 Å². The molecule has 12 heteroatoms. The van der Waals surface area contributed by atoms with E-state index in [2.05, 4.69) is 10.2 Å². The Labute approximate surface area is 163 Å². The first-order valence-electron chi connectivity index (χ1n) is 8.24. The van der Waals surface area contributed by atoms with Crippen molar-refractivity contribution in [2.75, 3.05) is 24.6 Å². The summed E-state index contributed by atoms with van der Waals surface area (Å²) in [5.41, 5.74) is 0.493. The molecule has 2 aromatic rings. The summed E-state index contributed by atoms with van der Waals surface area (Å²) in [6.07, 6.45) is 0.360. The van der Waals surface area contributed by atoms with Crippen molar-refractivity contribution in [1.29, 1.82) is 0 Å². The summed E-state index contributed by atoms with van der Waals surface area (Å²) >= 11 is 1.21. The molecule has 1 aromatic heterocycles. The summed E-state index contributed by atoms with van der Waals surface area (Å²) in [7, 11) is -7.07. The van der Waals surface area contributed by atoms with Crippen LogP contribution in [0.4, 0.5) is 0 Å². The van der Waals surface area contributed by atoms with Gasteiger partial charge in [0.25, 0.3) is 5.22 Å². The second kappa shape index (κ2) is 9.15. The summed E-state index contributed by atoms with van der Waals surface area (Å²) in [6.45, 7) is 4.32. The highest BCUT2D eigenvalue weighted by Crippen LogP contribution is 2.26. The van der Waals surface area contributed by atoms with Crippen molar-refractivity contribution in [1.82, 2.24) is 14.5 Å². The van der Waals surface area contributed by atoms with Crippen LogP contribution < -0.4 is 5.14 Å². The fourth-order valence-corrected chi connectivity index (χ4v) is 5.24. The van der Waals surface area contributed by atoms with Gasteiger partial charge in [0.1, 0.15) is 0 Å². The lowest BCUT2D eigenvalue weighted by atomic mass is 10.2. The zero-order valence-electron chi connectivity index (χ0n) is 15.0. The predicted octanol–water partition coefficient (Wildman–Crippen LogP) is 1.54. The molecular formula is C15H22N4O5S3. The molecule has 0 aliphatic heterocycles. The second-order valence-corrected chi connectivity index (χ2v) is 10.3.